The number of nitrogens with zero attached hydrogens (tertiary/aromatic N) is 2. The van der Waals surface area contributed by atoms with Crippen LogP contribution < -0.4 is 0 Å². The summed E-state index contributed by atoms with van der Waals surface area (Å²) in [6.07, 6.45) is 1.09. The zero-order valence-corrected chi connectivity index (χ0v) is 15.4. The van der Waals surface area contributed by atoms with Gasteiger partial charge in [0.15, 0.2) is 0 Å². The van der Waals surface area contributed by atoms with Gasteiger partial charge in [-0.1, -0.05) is 34.8 Å². The predicted molar refractivity (Wildman–Crippen MR) is 86.6 cm³/mol. The molecule has 0 unspecified atom stereocenters. The van der Waals surface area contributed by atoms with Crippen LogP contribution in [0.4, 0.5) is 0 Å². The lowest BCUT2D eigenvalue weighted by Gasteiger charge is -2.32. The summed E-state index contributed by atoms with van der Waals surface area (Å²) in [7, 11) is -7.20. The van der Waals surface area contributed by atoms with Crippen molar-refractivity contribution in [3.05, 3.63) is 27.2 Å². The van der Waals surface area contributed by atoms with Gasteiger partial charge in [-0.2, -0.15) is 8.61 Å². The fourth-order valence-electron chi connectivity index (χ4n) is 2.08. The van der Waals surface area contributed by atoms with Crippen LogP contribution in [0.2, 0.25) is 15.1 Å². The highest BCUT2D eigenvalue weighted by molar-refractivity contribution is 7.89. The second kappa shape index (κ2) is 6.43. The fraction of sp³-hybridized carbons (Fsp3) is 0.455. The monoisotopic (exact) mass is 406 g/mol. The molecule has 6 nitrogen and oxygen atoms in total. The Labute approximate surface area is 144 Å². The van der Waals surface area contributed by atoms with Crippen LogP contribution in [0.15, 0.2) is 17.0 Å². The molecular weight excluding hydrogens is 395 g/mol. The zero-order valence-electron chi connectivity index (χ0n) is 11.5. The van der Waals surface area contributed by atoms with Gasteiger partial charge in [0.25, 0.3) is 0 Å². The van der Waals surface area contributed by atoms with Gasteiger partial charge in [0.1, 0.15) is 4.90 Å². The first-order valence-corrected chi connectivity index (χ1v) is 10.6. The van der Waals surface area contributed by atoms with Gasteiger partial charge in [0, 0.05) is 26.2 Å². The maximum atomic E-state index is 12.6. The quantitative estimate of drug-likeness (QED) is 0.717. The maximum absolute atomic E-state index is 12.6. The molecule has 11 heteroatoms. The van der Waals surface area contributed by atoms with Crippen LogP contribution in [-0.2, 0) is 20.0 Å². The molecule has 1 aromatic rings. The molecule has 1 heterocycles. The Morgan fingerprint density at radius 2 is 1.27 bits per heavy atom. The highest BCUT2D eigenvalue weighted by atomic mass is 35.5. The number of hydrogen-bond acceptors (Lipinski definition) is 4. The summed E-state index contributed by atoms with van der Waals surface area (Å²) in [5, 5.41) is 0.215. The van der Waals surface area contributed by atoms with Crippen molar-refractivity contribution in [1.29, 1.82) is 0 Å². The lowest BCUT2D eigenvalue weighted by molar-refractivity contribution is 0.274. The first-order chi connectivity index (χ1) is 10.0. The third kappa shape index (κ3) is 3.69. The Balaban J connectivity index is 2.28. The minimum Gasteiger partial charge on any atom is -0.213 e. The van der Waals surface area contributed by atoms with Crippen LogP contribution in [0.1, 0.15) is 0 Å². The van der Waals surface area contributed by atoms with E-state index in [0.29, 0.717) is 0 Å². The summed E-state index contributed by atoms with van der Waals surface area (Å²) in [6, 6.07) is 2.47. The smallest absolute Gasteiger partial charge is 0.213 e. The number of piperazine rings is 1. The number of rotatable bonds is 3. The van der Waals surface area contributed by atoms with E-state index in [1.807, 2.05) is 0 Å². The Kier molecular flexibility index (Phi) is 5.33. The first kappa shape index (κ1) is 18.3. The van der Waals surface area contributed by atoms with Crippen molar-refractivity contribution in [2.75, 3.05) is 32.4 Å². The molecule has 1 fully saturated rings. The van der Waals surface area contributed by atoms with E-state index >= 15 is 0 Å². The first-order valence-electron chi connectivity index (χ1n) is 6.13. The average molecular weight is 408 g/mol. The van der Waals surface area contributed by atoms with Crippen molar-refractivity contribution >= 4 is 54.8 Å². The molecule has 0 aromatic heterocycles. The van der Waals surface area contributed by atoms with Gasteiger partial charge in [0.05, 0.1) is 21.3 Å². The molecule has 0 radical (unpaired) electrons. The molecule has 22 heavy (non-hydrogen) atoms. The lowest BCUT2D eigenvalue weighted by atomic mass is 10.4. The molecule has 1 aromatic carbocycles. The van der Waals surface area contributed by atoms with E-state index in [1.165, 1.54) is 20.7 Å². The number of hydrogen-bond donors (Lipinski definition) is 0. The molecule has 0 N–H and O–H groups in total. The predicted octanol–water partition coefficient (Wildman–Crippen LogP) is 1.91. The maximum Gasteiger partial charge on any atom is 0.244 e. The van der Waals surface area contributed by atoms with E-state index in [4.69, 9.17) is 34.8 Å². The fourth-order valence-corrected chi connectivity index (χ4v) is 5.31. The summed E-state index contributed by atoms with van der Waals surface area (Å²) in [6.45, 7) is 0.284. The van der Waals surface area contributed by atoms with Crippen molar-refractivity contribution in [2.45, 2.75) is 4.90 Å². The van der Waals surface area contributed by atoms with Crippen molar-refractivity contribution in [3.8, 4) is 0 Å². The van der Waals surface area contributed by atoms with E-state index in [0.717, 1.165) is 6.26 Å². The van der Waals surface area contributed by atoms with Crippen molar-refractivity contribution in [3.63, 3.8) is 0 Å². The van der Waals surface area contributed by atoms with Crippen molar-refractivity contribution in [2.24, 2.45) is 0 Å². The molecule has 0 aliphatic carbocycles. The lowest BCUT2D eigenvalue weighted by Crippen LogP contribution is -2.50. The number of halogens is 3. The Morgan fingerprint density at radius 1 is 0.818 bits per heavy atom. The van der Waals surface area contributed by atoms with Crippen LogP contribution in [0, 0.1) is 0 Å². The van der Waals surface area contributed by atoms with Gasteiger partial charge in [-0.15, -0.1) is 0 Å². The summed E-state index contributed by atoms with van der Waals surface area (Å²) < 4.78 is 50.5. The molecular formula is C11H13Cl3N2O4S2. The average Bonchev–Trinajstić information content (AvgIpc) is 2.42. The molecule has 0 saturated carbocycles. The van der Waals surface area contributed by atoms with E-state index in [1.54, 1.807) is 0 Å². The summed E-state index contributed by atoms with van der Waals surface area (Å²) in [5.41, 5.74) is 0. The largest absolute Gasteiger partial charge is 0.244 e. The molecule has 1 saturated heterocycles. The van der Waals surface area contributed by atoms with E-state index in [2.05, 4.69) is 0 Å². The zero-order chi connectivity index (χ0) is 16.7. The SMILES string of the molecule is CS(=O)(=O)N1CCN(S(=O)(=O)c2cc(Cl)c(Cl)cc2Cl)CC1. The minimum atomic E-state index is -3.86. The van der Waals surface area contributed by atoms with Crippen LogP contribution >= 0.6 is 34.8 Å². The highest BCUT2D eigenvalue weighted by Gasteiger charge is 2.32. The number of sulfonamides is 2. The molecule has 2 rings (SSSR count). The second-order valence-corrected chi connectivity index (χ2v) is 9.87. The highest BCUT2D eigenvalue weighted by Crippen LogP contribution is 2.33. The summed E-state index contributed by atoms with van der Waals surface area (Å²) in [5.74, 6) is 0. The molecule has 0 atom stereocenters. The van der Waals surface area contributed by atoms with Gasteiger partial charge in [-0.3, -0.25) is 0 Å². The third-order valence-corrected chi connectivity index (χ3v) is 7.65. The van der Waals surface area contributed by atoms with Gasteiger partial charge in [-0.25, -0.2) is 16.8 Å². The van der Waals surface area contributed by atoms with Gasteiger partial charge >= 0.3 is 0 Å². The molecule has 1 aliphatic rings. The van der Waals surface area contributed by atoms with Crippen LogP contribution in [-0.4, -0.2) is 57.9 Å². The van der Waals surface area contributed by atoms with Crippen LogP contribution in [0.5, 0.6) is 0 Å². The third-order valence-electron chi connectivity index (χ3n) is 3.26. The van der Waals surface area contributed by atoms with Gasteiger partial charge in [-0.05, 0) is 12.1 Å². The molecule has 1 aliphatic heterocycles. The van der Waals surface area contributed by atoms with Crippen LogP contribution in [0.25, 0.3) is 0 Å². The molecule has 0 amide bonds. The standard InChI is InChI=1S/C11H13Cl3N2O4S2/c1-21(17,18)15-2-4-16(5-3-15)22(19,20)11-7-9(13)8(12)6-10(11)14/h6-7H,2-5H2,1H3. The van der Waals surface area contributed by atoms with E-state index in [9.17, 15) is 16.8 Å². The van der Waals surface area contributed by atoms with E-state index < -0.39 is 20.0 Å². The second-order valence-electron chi connectivity index (χ2n) is 4.76. The van der Waals surface area contributed by atoms with Crippen molar-refractivity contribution in [1.82, 2.24) is 8.61 Å². The summed E-state index contributed by atoms with van der Waals surface area (Å²) >= 11 is 17.6. The molecule has 0 bridgehead atoms. The molecule has 0 spiro atoms. The Morgan fingerprint density at radius 3 is 1.77 bits per heavy atom. The Hall–Kier alpha value is -0.0900. The van der Waals surface area contributed by atoms with Crippen LogP contribution in [0.3, 0.4) is 0 Å². The Bertz CT molecular complexity index is 788. The number of benzene rings is 1. The minimum absolute atomic E-state index is 0.0278. The van der Waals surface area contributed by atoms with Gasteiger partial charge in [0.2, 0.25) is 20.0 Å². The molecule has 124 valence electrons. The normalized spacial score (nSPS) is 18.5. The van der Waals surface area contributed by atoms with E-state index in [-0.39, 0.29) is 46.1 Å². The summed E-state index contributed by atoms with van der Waals surface area (Å²) in [4.78, 5) is -0.142. The van der Waals surface area contributed by atoms with Crippen molar-refractivity contribution < 1.29 is 16.8 Å². The topological polar surface area (TPSA) is 74.8 Å². The van der Waals surface area contributed by atoms with Gasteiger partial charge < -0.3 is 0 Å².